The molecule has 1 heteroatoms. The van der Waals surface area contributed by atoms with Crippen molar-refractivity contribution in [2.45, 2.75) is 33.6 Å². The van der Waals surface area contributed by atoms with E-state index in [2.05, 4.69) is 13.8 Å². The van der Waals surface area contributed by atoms with E-state index >= 15 is 0 Å². The summed E-state index contributed by atoms with van der Waals surface area (Å²) < 4.78 is 12.4. The normalized spacial score (nSPS) is 12.8. The van der Waals surface area contributed by atoms with Crippen molar-refractivity contribution in [1.29, 1.82) is 0 Å². The molecule has 0 N–H and O–H groups in total. The predicted octanol–water partition coefficient (Wildman–Crippen LogP) is 3.30. The average molecular weight is 130 g/mol. The SMILES string of the molecule is CC/C(F)=C\CC(C)C. The molecule has 0 spiro atoms. The molecule has 54 valence electrons. The smallest absolute Gasteiger partial charge is 0.0957 e. The molecule has 0 amide bonds. The number of halogens is 1. The van der Waals surface area contributed by atoms with Gasteiger partial charge in [-0.2, -0.15) is 0 Å². The van der Waals surface area contributed by atoms with Crippen molar-refractivity contribution >= 4 is 0 Å². The Kier molecular flexibility index (Phi) is 4.37. The van der Waals surface area contributed by atoms with Crippen LogP contribution in [0.25, 0.3) is 0 Å². The molecule has 0 aromatic heterocycles. The van der Waals surface area contributed by atoms with Crippen molar-refractivity contribution in [3.05, 3.63) is 11.9 Å². The van der Waals surface area contributed by atoms with Crippen LogP contribution in [0.4, 0.5) is 4.39 Å². The topological polar surface area (TPSA) is 0 Å². The Bertz CT molecular complexity index is 92.7. The van der Waals surface area contributed by atoms with E-state index in [0.717, 1.165) is 6.42 Å². The highest BCUT2D eigenvalue weighted by Gasteiger charge is 1.91. The summed E-state index contributed by atoms with van der Waals surface area (Å²) in [5.74, 6) is 0.589. The van der Waals surface area contributed by atoms with E-state index in [1.807, 2.05) is 6.92 Å². The summed E-state index contributed by atoms with van der Waals surface area (Å²) in [7, 11) is 0. The van der Waals surface area contributed by atoms with E-state index in [0.29, 0.717) is 12.3 Å². The highest BCUT2D eigenvalue weighted by Crippen LogP contribution is 2.07. The van der Waals surface area contributed by atoms with Gasteiger partial charge in [0.1, 0.15) is 0 Å². The highest BCUT2D eigenvalue weighted by molar-refractivity contribution is 4.90. The molecule has 0 saturated carbocycles. The molecule has 0 aromatic rings. The molecule has 0 rings (SSSR count). The van der Waals surface area contributed by atoms with Gasteiger partial charge in [0.05, 0.1) is 5.83 Å². The third kappa shape index (κ3) is 5.54. The van der Waals surface area contributed by atoms with Crippen LogP contribution in [0.1, 0.15) is 33.6 Å². The van der Waals surface area contributed by atoms with Crippen LogP contribution in [0, 0.1) is 5.92 Å². The summed E-state index contributed by atoms with van der Waals surface area (Å²) >= 11 is 0. The first-order valence-electron chi connectivity index (χ1n) is 3.51. The van der Waals surface area contributed by atoms with Crippen LogP contribution in [0.2, 0.25) is 0 Å². The van der Waals surface area contributed by atoms with Crippen LogP contribution in [0.15, 0.2) is 11.9 Å². The van der Waals surface area contributed by atoms with E-state index in [1.54, 1.807) is 6.08 Å². The second kappa shape index (κ2) is 4.54. The van der Waals surface area contributed by atoms with Crippen molar-refractivity contribution < 1.29 is 4.39 Å². The summed E-state index contributed by atoms with van der Waals surface area (Å²) in [6.45, 7) is 5.99. The largest absolute Gasteiger partial charge is 0.212 e. The monoisotopic (exact) mass is 130 g/mol. The van der Waals surface area contributed by atoms with E-state index < -0.39 is 0 Å². The van der Waals surface area contributed by atoms with Gasteiger partial charge in [-0.25, -0.2) is 4.39 Å². The Morgan fingerprint density at radius 3 is 2.44 bits per heavy atom. The quantitative estimate of drug-likeness (QED) is 0.550. The molecule has 0 radical (unpaired) electrons. The summed E-state index contributed by atoms with van der Waals surface area (Å²) in [6, 6.07) is 0. The molecule has 0 aromatic carbocycles. The highest BCUT2D eigenvalue weighted by atomic mass is 19.1. The Labute approximate surface area is 56.8 Å². The van der Waals surface area contributed by atoms with Crippen molar-refractivity contribution in [3.8, 4) is 0 Å². The minimum atomic E-state index is 0.0173. The lowest BCUT2D eigenvalue weighted by Gasteiger charge is -1.96. The summed E-state index contributed by atoms with van der Waals surface area (Å²) in [5.41, 5.74) is 0. The van der Waals surface area contributed by atoms with E-state index in [4.69, 9.17) is 0 Å². The molecule has 0 fully saturated rings. The van der Waals surface area contributed by atoms with Crippen molar-refractivity contribution in [3.63, 3.8) is 0 Å². The van der Waals surface area contributed by atoms with E-state index in [1.165, 1.54) is 0 Å². The minimum absolute atomic E-state index is 0.0173. The fraction of sp³-hybridized carbons (Fsp3) is 0.750. The fourth-order valence-corrected chi connectivity index (χ4v) is 0.508. The van der Waals surface area contributed by atoms with Crippen LogP contribution < -0.4 is 0 Å². The van der Waals surface area contributed by atoms with Crippen LogP contribution >= 0.6 is 0 Å². The zero-order chi connectivity index (χ0) is 7.28. The predicted molar refractivity (Wildman–Crippen MR) is 38.9 cm³/mol. The molecule has 0 heterocycles. The molecule has 0 atom stereocenters. The third-order valence-electron chi connectivity index (χ3n) is 1.15. The first-order valence-corrected chi connectivity index (χ1v) is 3.51. The number of hydrogen-bond donors (Lipinski definition) is 0. The van der Waals surface area contributed by atoms with E-state index in [-0.39, 0.29) is 5.83 Å². The van der Waals surface area contributed by atoms with Gasteiger partial charge in [-0.05, 0) is 18.8 Å². The lowest BCUT2D eigenvalue weighted by atomic mass is 10.1. The molecule has 0 aliphatic rings. The average Bonchev–Trinajstić information content (AvgIpc) is 1.83. The zero-order valence-electron chi connectivity index (χ0n) is 6.45. The van der Waals surface area contributed by atoms with Crippen LogP contribution in [0.5, 0.6) is 0 Å². The van der Waals surface area contributed by atoms with Crippen LogP contribution in [-0.2, 0) is 0 Å². The minimum Gasteiger partial charge on any atom is -0.212 e. The molecule has 0 saturated heterocycles. The molecule has 0 aliphatic carbocycles. The fourth-order valence-electron chi connectivity index (χ4n) is 0.508. The second-order valence-corrected chi connectivity index (χ2v) is 2.63. The molecule has 0 aliphatic heterocycles. The van der Waals surface area contributed by atoms with Gasteiger partial charge in [-0.1, -0.05) is 26.8 Å². The maximum atomic E-state index is 12.4. The van der Waals surface area contributed by atoms with Gasteiger partial charge in [0.2, 0.25) is 0 Å². The van der Waals surface area contributed by atoms with Crippen LogP contribution in [-0.4, -0.2) is 0 Å². The molecule has 0 unspecified atom stereocenters. The Morgan fingerprint density at radius 1 is 1.56 bits per heavy atom. The van der Waals surface area contributed by atoms with Gasteiger partial charge >= 0.3 is 0 Å². The van der Waals surface area contributed by atoms with Gasteiger partial charge in [0.25, 0.3) is 0 Å². The Hall–Kier alpha value is -0.330. The Morgan fingerprint density at radius 2 is 2.11 bits per heavy atom. The summed E-state index contributed by atoms with van der Waals surface area (Å²) in [5, 5.41) is 0. The maximum Gasteiger partial charge on any atom is 0.0957 e. The van der Waals surface area contributed by atoms with Crippen molar-refractivity contribution in [2.24, 2.45) is 5.92 Å². The molecular weight excluding hydrogens is 115 g/mol. The number of allylic oxidation sites excluding steroid dienone is 2. The van der Waals surface area contributed by atoms with Gasteiger partial charge in [0, 0.05) is 0 Å². The number of rotatable bonds is 3. The first kappa shape index (κ1) is 8.67. The molecule has 0 nitrogen and oxygen atoms in total. The van der Waals surface area contributed by atoms with Crippen LogP contribution in [0.3, 0.4) is 0 Å². The molecule has 9 heavy (non-hydrogen) atoms. The maximum absolute atomic E-state index is 12.4. The van der Waals surface area contributed by atoms with Crippen molar-refractivity contribution in [2.75, 3.05) is 0 Å². The van der Waals surface area contributed by atoms with Gasteiger partial charge < -0.3 is 0 Å². The summed E-state index contributed by atoms with van der Waals surface area (Å²) in [6.07, 6.45) is 3.07. The Balaban J connectivity index is 3.43. The third-order valence-corrected chi connectivity index (χ3v) is 1.15. The second-order valence-electron chi connectivity index (χ2n) is 2.63. The number of hydrogen-bond acceptors (Lipinski definition) is 0. The first-order chi connectivity index (χ1) is 4.16. The standard InChI is InChI=1S/C8H15F/c1-4-8(9)6-5-7(2)3/h6-7H,4-5H2,1-3H3/b8-6+. The summed E-state index contributed by atoms with van der Waals surface area (Å²) in [4.78, 5) is 0. The lowest BCUT2D eigenvalue weighted by Crippen LogP contribution is -1.82. The van der Waals surface area contributed by atoms with Gasteiger partial charge in [0.15, 0.2) is 0 Å². The lowest BCUT2D eigenvalue weighted by molar-refractivity contribution is 0.579. The van der Waals surface area contributed by atoms with Crippen molar-refractivity contribution in [1.82, 2.24) is 0 Å². The molecular formula is C8H15F. The van der Waals surface area contributed by atoms with E-state index in [9.17, 15) is 4.39 Å². The van der Waals surface area contributed by atoms with Gasteiger partial charge in [-0.15, -0.1) is 0 Å². The van der Waals surface area contributed by atoms with Gasteiger partial charge in [-0.3, -0.25) is 0 Å². The molecule has 0 bridgehead atoms. The zero-order valence-corrected chi connectivity index (χ0v) is 6.45.